The summed E-state index contributed by atoms with van der Waals surface area (Å²) in [6, 6.07) is 24.2. The number of benzene rings is 3. The molecule has 6 nitrogen and oxygen atoms in total. The third-order valence-electron chi connectivity index (χ3n) is 5.64. The smallest absolute Gasteiger partial charge is 0.407 e. The highest BCUT2D eigenvalue weighted by molar-refractivity contribution is 5.79. The first kappa shape index (κ1) is 23.4. The number of nitrogens with one attached hydrogen (secondary N) is 2. The lowest BCUT2D eigenvalue weighted by Crippen LogP contribution is -2.32. The Labute approximate surface area is 200 Å². The molecule has 6 heteroatoms. The molecule has 0 spiro atoms. The van der Waals surface area contributed by atoms with Gasteiger partial charge in [0.15, 0.2) is 0 Å². The quantitative estimate of drug-likeness (QED) is 0.493. The molecule has 1 aliphatic carbocycles. The summed E-state index contributed by atoms with van der Waals surface area (Å²) in [6.45, 7) is 6.49. The van der Waals surface area contributed by atoms with Gasteiger partial charge < -0.3 is 20.1 Å². The zero-order chi connectivity index (χ0) is 24.1. The molecule has 0 atom stereocenters. The molecule has 0 bridgehead atoms. The van der Waals surface area contributed by atoms with Crippen LogP contribution in [-0.2, 0) is 22.6 Å². The first-order valence-corrected chi connectivity index (χ1v) is 11.4. The lowest BCUT2D eigenvalue weighted by Gasteiger charge is -2.19. The second-order valence-electron chi connectivity index (χ2n) is 9.35. The van der Waals surface area contributed by atoms with Gasteiger partial charge in [-0.3, -0.25) is 0 Å². The van der Waals surface area contributed by atoms with E-state index in [0.717, 1.165) is 11.1 Å². The van der Waals surface area contributed by atoms with E-state index in [0.29, 0.717) is 13.1 Å². The summed E-state index contributed by atoms with van der Waals surface area (Å²) in [4.78, 5) is 24.1. The van der Waals surface area contributed by atoms with Crippen molar-refractivity contribution in [1.29, 1.82) is 0 Å². The van der Waals surface area contributed by atoms with Crippen LogP contribution in [0, 0.1) is 0 Å². The van der Waals surface area contributed by atoms with Crippen LogP contribution in [0.1, 0.15) is 48.9 Å². The van der Waals surface area contributed by atoms with Crippen LogP contribution in [0.5, 0.6) is 0 Å². The summed E-state index contributed by atoms with van der Waals surface area (Å²) in [5, 5.41) is 5.55. The maximum Gasteiger partial charge on any atom is 0.407 e. The maximum atomic E-state index is 12.4. The first-order valence-electron chi connectivity index (χ1n) is 11.4. The van der Waals surface area contributed by atoms with E-state index in [-0.39, 0.29) is 12.5 Å². The van der Waals surface area contributed by atoms with Gasteiger partial charge in [0, 0.05) is 19.0 Å². The van der Waals surface area contributed by atoms with E-state index in [1.807, 2.05) is 69.3 Å². The average molecular weight is 459 g/mol. The Morgan fingerprint density at radius 3 is 1.71 bits per heavy atom. The summed E-state index contributed by atoms with van der Waals surface area (Å²) in [6.07, 6.45) is -0.897. The van der Waals surface area contributed by atoms with E-state index < -0.39 is 17.8 Å². The van der Waals surface area contributed by atoms with Gasteiger partial charge >= 0.3 is 12.2 Å². The number of hydrogen-bond acceptors (Lipinski definition) is 4. The molecule has 0 unspecified atom stereocenters. The summed E-state index contributed by atoms with van der Waals surface area (Å²) >= 11 is 0. The van der Waals surface area contributed by atoms with Crippen LogP contribution in [0.3, 0.4) is 0 Å². The minimum atomic E-state index is -0.529. The molecule has 0 heterocycles. The fraction of sp³-hybridized carbons (Fsp3) is 0.286. The monoisotopic (exact) mass is 458 g/mol. The van der Waals surface area contributed by atoms with Crippen LogP contribution in [0.15, 0.2) is 72.8 Å². The van der Waals surface area contributed by atoms with Gasteiger partial charge in [0.05, 0.1) is 0 Å². The molecule has 0 saturated heterocycles. The first-order chi connectivity index (χ1) is 16.3. The van der Waals surface area contributed by atoms with Crippen LogP contribution in [-0.4, -0.2) is 24.4 Å². The van der Waals surface area contributed by atoms with Gasteiger partial charge in [-0.25, -0.2) is 9.59 Å². The molecule has 176 valence electrons. The molecule has 3 aromatic rings. The van der Waals surface area contributed by atoms with Gasteiger partial charge in [0.2, 0.25) is 0 Å². The number of fused-ring (bicyclic) bond motifs is 3. The summed E-state index contributed by atoms with van der Waals surface area (Å²) in [5.74, 6) is 0.0370. The van der Waals surface area contributed by atoms with Crippen molar-refractivity contribution in [2.24, 2.45) is 0 Å². The molecule has 3 aromatic carbocycles. The number of rotatable bonds is 6. The minimum absolute atomic E-state index is 0.0370. The predicted molar refractivity (Wildman–Crippen MR) is 131 cm³/mol. The lowest BCUT2D eigenvalue weighted by atomic mass is 9.98. The zero-order valence-corrected chi connectivity index (χ0v) is 19.8. The predicted octanol–water partition coefficient (Wildman–Crippen LogP) is 5.75. The van der Waals surface area contributed by atoms with Gasteiger partial charge in [-0.1, -0.05) is 72.8 Å². The summed E-state index contributed by atoms with van der Waals surface area (Å²) in [5.41, 5.74) is 6.13. The Hall–Kier alpha value is -3.80. The van der Waals surface area contributed by atoms with Gasteiger partial charge in [-0.15, -0.1) is 0 Å². The highest BCUT2D eigenvalue weighted by atomic mass is 16.6. The largest absolute Gasteiger partial charge is 0.449 e. The molecule has 0 fully saturated rings. The van der Waals surface area contributed by atoms with Gasteiger partial charge in [0.1, 0.15) is 12.2 Å². The Morgan fingerprint density at radius 1 is 0.735 bits per heavy atom. The standard InChI is InChI=1S/C28H30N2O4/c1-28(2,3)34-27(32)30-17-20-14-12-19(13-15-20)16-29-26(31)33-18-25-23-10-6-4-8-21(23)22-9-5-7-11-24(22)25/h4-15,25H,16-18H2,1-3H3,(H,29,31)(H,30,32). The Kier molecular flexibility index (Phi) is 6.87. The number of carbonyl (C=O) groups is 2. The Balaban J connectivity index is 1.25. The van der Waals surface area contributed by atoms with Crippen molar-refractivity contribution >= 4 is 12.2 Å². The molecule has 4 rings (SSSR count). The van der Waals surface area contributed by atoms with Crippen molar-refractivity contribution in [2.75, 3.05) is 6.61 Å². The molecule has 0 saturated carbocycles. The van der Waals surface area contributed by atoms with Crippen molar-refractivity contribution in [1.82, 2.24) is 10.6 Å². The molecule has 1 aliphatic rings. The normalized spacial score (nSPS) is 12.4. The van der Waals surface area contributed by atoms with Crippen molar-refractivity contribution in [3.8, 4) is 11.1 Å². The number of amides is 2. The molecular formula is C28H30N2O4. The second kappa shape index (κ2) is 10.00. The zero-order valence-electron chi connectivity index (χ0n) is 19.8. The van der Waals surface area contributed by atoms with Gasteiger partial charge in [0.25, 0.3) is 0 Å². The number of alkyl carbamates (subject to hydrolysis) is 2. The van der Waals surface area contributed by atoms with Crippen LogP contribution in [0.4, 0.5) is 9.59 Å². The Bertz CT molecular complexity index is 1120. The lowest BCUT2D eigenvalue weighted by molar-refractivity contribution is 0.0523. The maximum absolute atomic E-state index is 12.4. The number of ether oxygens (including phenoxy) is 2. The van der Waals surface area contributed by atoms with Crippen molar-refractivity contribution in [3.63, 3.8) is 0 Å². The third-order valence-corrected chi connectivity index (χ3v) is 5.64. The fourth-order valence-corrected chi connectivity index (χ4v) is 4.09. The van der Waals surface area contributed by atoms with E-state index in [1.54, 1.807) is 0 Å². The number of hydrogen-bond donors (Lipinski definition) is 2. The van der Waals surface area contributed by atoms with Crippen LogP contribution < -0.4 is 10.6 Å². The molecule has 2 N–H and O–H groups in total. The van der Waals surface area contributed by atoms with Crippen LogP contribution in [0.25, 0.3) is 11.1 Å². The van der Waals surface area contributed by atoms with Crippen molar-refractivity contribution < 1.29 is 19.1 Å². The van der Waals surface area contributed by atoms with Crippen LogP contribution in [0.2, 0.25) is 0 Å². The molecule has 0 radical (unpaired) electrons. The average Bonchev–Trinajstić information content (AvgIpc) is 3.13. The Morgan fingerprint density at radius 2 is 1.21 bits per heavy atom. The third kappa shape index (κ3) is 5.76. The molecular weight excluding hydrogens is 428 g/mol. The SMILES string of the molecule is CC(C)(C)OC(=O)NCc1ccc(CNC(=O)OCC2c3ccccc3-c3ccccc32)cc1. The summed E-state index contributed by atoms with van der Waals surface area (Å²) < 4.78 is 10.8. The molecule has 0 aliphatic heterocycles. The van der Waals surface area contributed by atoms with Gasteiger partial charge in [-0.05, 0) is 54.2 Å². The highest BCUT2D eigenvalue weighted by Crippen LogP contribution is 2.44. The molecule has 2 amide bonds. The molecule has 34 heavy (non-hydrogen) atoms. The summed E-state index contributed by atoms with van der Waals surface area (Å²) in [7, 11) is 0. The van der Waals surface area contributed by atoms with E-state index in [1.165, 1.54) is 22.3 Å². The molecule has 0 aromatic heterocycles. The van der Waals surface area contributed by atoms with Gasteiger partial charge in [-0.2, -0.15) is 0 Å². The van der Waals surface area contributed by atoms with Crippen LogP contribution >= 0.6 is 0 Å². The van der Waals surface area contributed by atoms with Crippen molar-refractivity contribution in [3.05, 3.63) is 95.1 Å². The van der Waals surface area contributed by atoms with E-state index in [9.17, 15) is 9.59 Å². The fourth-order valence-electron chi connectivity index (χ4n) is 4.09. The van der Waals surface area contributed by atoms with E-state index in [4.69, 9.17) is 9.47 Å². The minimum Gasteiger partial charge on any atom is -0.449 e. The highest BCUT2D eigenvalue weighted by Gasteiger charge is 2.28. The topological polar surface area (TPSA) is 76.7 Å². The van der Waals surface area contributed by atoms with Crippen molar-refractivity contribution in [2.45, 2.75) is 45.4 Å². The van der Waals surface area contributed by atoms with E-state index in [2.05, 4.69) is 34.9 Å². The van der Waals surface area contributed by atoms with E-state index >= 15 is 0 Å². The second-order valence-corrected chi connectivity index (χ2v) is 9.35. The number of carbonyl (C=O) groups excluding carboxylic acids is 2.